The lowest BCUT2D eigenvalue weighted by atomic mass is 9.63. The predicted molar refractivity (Wildman–Crippen MR) is 86.9 cm³/mol. The fourth-order valence-electron chi connectivity index (χ4n) is 3.78. The monoisotopic (exact) mass is 328 g/mol. The van der Waals surface area contributed by atoms with Gasteiger partial charge in [0.15, 0.2) is 0 Å². The lowest BCUT2D eigenvalue weighted by Gasteiger charge is -2.45. The summed E-state index contributed by atoms with van der Waals surface area (Å²) in [4.78, 5) is 16.4. The molecule has 2 rings (SSSR count). The third-order valence-corrected chi connectivity index (χ3v) is 4.43. The molecule has 1 aromatic heterocycles. The number of carbonyl (C=O) groups excluding carboxylic acids is 1. The number of hydrogen-bond donors (Lipinski definition) is 1. The van der Waals surface area contributed by atoms with Gasteiger partial charge in [-0.1, -0.05) is 50.9 Å². The van der Waals surface area contributed by atoms with Gasteiger partial charge in [0.25, 0.3) is 5.91 Å². The van der Waals surface area contributed by atoms with Crippen LogP contribution in [-0.4, -0.2) is 16.9 Å². The highest BCUT2D eigenvalue weighted by Crippen LogP contribution is 2.45. The van der Waals surface area contributed by atoms with Gasteiger partial charge in [0.2, 0.25) is 0 Å². The summed E-state index contributed by atoms with van der Waals surface area (Å²) in [5, 5.41) is 3.67. The van der Waals surface area contributed by atoms with Gasteiger partial charge in [-0.25, -0.2) is 4.98 Å². The lowest BCUT2D eigenvalue weighted by Crippen LogP contribution is -2.46. The average molecular weight is 329 g/mol. The van der Waals surface area contributed by atoms with Gasteiger partial charge in [-0.15, -0.1) is 0 Å². The number of carbonyl (C=O) groups is 1. The largest absolute Gasteiger partial charge is 0.348 e. The molecule has 0 radical (unpaired) electrons. The zero-order chi connectivity index (χ0) is 15.8. The first-order chi connectivity index (χ1) is 9.58. The van der Waals surface area contributed by atoms with Crippen molar-refractivity contribution in [3.63, 3.8) is 0 Å². The smallest absolute Gasteiger partial charge is 0.271 e. The van der Waals surface area contributed by atoms with E-state index in [1.165, 1.54) is 0 Å². The van der Waals surface area contributed by atoms with E-state index in [4.69, 9.17) is 23.2 Å². The molecule has 1 aliphatic rings. The SMILES string of the molecule is CC1(C)CC(NC(=O)c2nc(Cl)ccc2Cl)CC(C)(C)C1. The van der Waals surface area contributed by atoms with Gasteiger partial charge in [-0.2, -0.15) is 0 Å². The van der Waals surface area contributed by atoms with E-state index in [9.17, 15) is 4.79 Å². The van der Waals surface area contributed by atoms with Crippen LogP contribution in [0.4, 0.5) is 0 Å². The molecule has 0 unspecified atom stereocenters. The van der Waals surface area contributed by atoms with E-state index in [1.807, 2.05) is 0 Å². The summed E-state index contributed by atoms with van der Waals surface area (Å²) in [7, 11) is 0. The Morgan fingerprint density at radius 1 is 1.19 bits per heavy atom. The average Bonchev–Trinajstić information content (AvgIpc) is 2.27. The van der Waals surface area contributed by atoms with Crippen molar-refractivity contribution in [2.24, 2.45) is 10.8 Å². The molecule has 0 bridgehead atoms. The molecule has 1 saturated carbocycles. The molecule has 0 aliphatic heterocycles. The molecule has 1 aliphatic carbocycles. The van der Waals surface area contributed by atoms with E-state index in [-0.39, 0.29) is 33.6 Å². The van der Waals surface area contributed by atoms with Gasteiger partial charge in [-0.05, 0) is 42.2 Å². The van der Waals surface area contributed by atoms with Crippen molar-refractivity contribution in [2.75, 3.05) is 0 Å². The second-order valence-electron chi connectivity index (χ2n) is 7.55. The number of aromatic nitrogens is 1. The topological polar surface area (TPSA) is 42.0 Å². The number of nitrogens with zero attached hydrogens (tertiary/aromatic N) is 1. The molecule has 5 heteroatoms. The molecule has 1 N–H and O–H groups in total. The quantitative estimate of drug-likeness (QED) is 0.798. The van der Waals surface area contributed by atoms with Crippen molar-refractivity contribution in [3.05, 3.63) is 28.0 Å². The molecule has 0 spiro atoms. The van der Waals surface area contributed by atoms with E-state index in [1.54, 1.807) is 12.1 Å². The first-order valence-corrected chi connectivity index (χ1v) is 7.97. The van der Waals surface area contributed by atoms with Crippen molar-refractivity contribution < 1.29 is 4.79 Å². The number of hydrogen-bond acceptors (Lipinski definition) is 2. The molecule has 1 aromatic rings. The molecule has 116 valence electrons. The molecule has 0 atom stereocenters. The molecule has 1 amide bonds. The maximum absolute atomic E-state index is 12.4. The van der Waals surface area contributed by atoms with E-state index in [0.29, 0.717) is 5.02 Å². The van der Waals surface area contributed by atoms with Gasteiger partial charge in [0.05, 0.1) is 5.02 Å². The number of halogens is 2. The van der Waals surface area contributed by atoms with Crippen molar-refractivity contribution in [1.82, 2.24) is 10.3 Å². The second kappa shape index (κ2) is 5.77. The Morgan fingerprint density at radius 3 is 2.33 bits per heavy atom. The highest BCUT2D eigenvalue weighted by atomic mass is 35.5. The Bertz CT molecular complexity index is 539. The van der Waals surface area contributed by atoms with Crippen LogP contribution in [0.1, 0.15) is 57.4 Å². The van der Waals surface area contributed by atoms with Crippen LogP contribution in [0.3, 0.4) is 0 Å². The van der Waals surface area contributed by atoms with E-state index >= 15 is 0 Å². The number of amides is 1. The zero-order valence-electron chi connectivity index (χ0n) is 13.0. The Hall–Kier alpha value is -0.800. The van der Waals surface area contributed by atoms with Crippen LogP contribution in [0.2, 0.25) is 10.2 Å². The lowest BCUT2D eigenvalue weighted by molar-refractivity contribution is 0.0710. The summed E-state index contributed by atoms with van der Waals surface area (Å²) >= 11 is 11.9. The Kier molecular flexibility index (Phi) is 4.55. The summed E-state index contributed by atoms with van der Waals surface area (Å²) in [6.45, 7) is 8.99. The molecule has 0 aromatic carbocycles. The highest BCUT2D eigenvalue weighted by Gasteiger charge is 2.39. The Balaban J connectivity index is 2.14. The molecular formula is C16H22Cl2N2O. The molecule has 3 nitrogen and oxygen atoms in total. The summed E-state index contributed by atoms with van der Waals surface area (Å²) in [6.07, 6.45) is 3.07. The van der Waals surface area contributed by atoms with Gasteiger partial charge in [-0.3, -0.25) is 4.79 Å². The molecule has 1 heterocycles. The first-order valence-electron chi connectivity index (χ1n) is 7.21. The first kappa shape index (κ1) is 16.6. The zero-order valence-corrected chi connectivity index (χ0v) is 14.5. The van der Waals surface area contributed by atoms with Crippen LogP contribution in [0, 0.1) is 10.8 Å². The summed E-state index contributed by atoms with van der Waals surface area (Å²) in [6, 6.07) is 3.31. The molecule has 1 fully saturated rings. The van der Waals surface area contributed by atoms with E-state index in [0.717, 1.165) is 19.3 Å². The fraction of sp³-hybridized carbons (Fsp3) is 0.625. The summed E-state index contributed by atoms with van der Waals surface area (Å²) < 4.78 is 0. The van der Waals surface area contributed by atoms with Crippen LogP contribution in [0.15, 0.2) is 12.1 Å². The minimum atomic E-state index is -0.249. The second-order valence-corrected chi connectivity index (χ2v) is 8.34. The number of pyridine rings is 1. The minimum Gasteiger partial charge on any atom is -0.348 e. The number of rotatable bonds is 2. The standard InChI is InChI=1S/C16H22Cl2N2O/c1-15(2)7-10(8-16(3,4)9-15)19-14(21)13-11(17)5-6-12(18)20-13/h5-6,10H,7-9H2,1-4H3,(H,19,21). The molecular weight excluding hydrogens is 307 g/mol. The Morgan fingerprint density at radius 2 is 1.76 bits per heavy atom. The van der Waals surface area contributed by atoms with Gasteiger partial charge >= 0.3 is 0 Å². The van der Waals surface area contributed by atoms with Crippen molar-refractivity contribution in [3.8, 4) is 0 Å². The maximum Gasteiger partial charge on any atom is 0.271 e. The Labute approximate surface area is 136 Å². The van der Waals surface area contributed by atoms with Crippen molar-refractivity contribution in [2.45, 2.75) is 53.0 Å². The number of nitrogens with one attached hydrogen (secondary N) is 1. The van der Waals surface area contributed by atoms with E-state index in [2.05, 4.69) is 38.0 Å². The molecule has 21 heavy (non-hydrogen) atoms. The van der Waals surface area contributed by atoms with Crippen LogP contribution >= 0.6 is 23.2 Å². The maximum atomic E-state index is 12.4. The van der Waals surface area contributed by atoms with Gasteiger partial charge in [0.1, 0.15) is 10.8 Å². The fourth-order valence-corrected chi connectivity index (χ4v) is 4.12. The van der Waals surface area contributed by atoms with Crippen molar-refractivity contribution >= 4 is 29.1 Å². The third kappa shape index (κ3) is 4.33. The van der Waals surface area contributed by atoms with Crippen molar-refractivity contribution in [1.29, 1.82) is 0 Å². The third-order valence-electron chi connectivity index (χ3n) is 3.92. The highest BCUT2D eigenvalue weighted by molar-refractivity contribution is 6.34. The van der Waals surface area contributed by atoms with Crippen LogP contribution in [-0.2, 0) is 0 Å². The van der Waals surface area contributed by atoms with Crippen LogP contribution < -0.4 is 5.32 Å². The van der Waals surface area contributed by atoms with E-state index < -0.39 is 0 Å². The predicted octanol–water partition coefficient (Wildman–Crippen LogP) is 4.72. The summed E-state index contributed by atoms with van der Waals surface area (Å²) in [5.41, 5.74) is 0.626. The normalized spacial score (nSPS) is 21.0. The summed E-state index contributed by atoms with van der Waals surface area (Å²) in [5.74, 6) is -0.249. The molecule has 0 saturated heterocycles. The van der Waals surface area contributed by atoms with Crippen LogP contribution in [0.5, 0.6) is 0 Å². The van der Waals surface area contributed by atoms with Gasteiger partial charge in [0, 0.05) is 6.04 Å². The van der Waals surface area contributed by atoms with Crippen LogP contribution in [0.25, 0.3) is 0 Å². The van der Waals surface area contributed by atoms with Gasteiger partial charge < -0.3 is 5.32 Å². The minimum absolute atomic E-state index is 0.132.